The van der Waals surface area contributed by atoms with Crippen molar-refractivity contribution in [1.82, 2.24) is 20.1 Å². The predicted octanol–water partition coefficient (Wildman–Crippen LogP) is 4.56. The second-order valence-electron chi connectivity index (χ2n) is 10.2. The van der Waals surface area contributed by atoms with E-state index < -0.39 is 12.2 Å². The van der Waals surface area contributed by atoms with Gasteiger partial charge in [-0.2, -0.15) is 23.5 Å². The molecular weight excluding hydrogens is 473 g/mol. The Balaban J connectivity index is 1.44. The molecule has 0 unspecified atom stereocenters. The first-order valence-corrected chi connectivity index (χ1v) is 11.9. The SMILES string of the molecule is CC1(C)C[C@H]1N[C@H](c1ccc(Nc2nn([C@H]3COCC[C@@H]3C#N)c3cc[nH]c(=O)c23)cc1)C(F)(F)F. The number of nitrogens with zero attached hydrogens (tertiary/aromatic N) is 3. The van der Waals surface area contributed by atoms with E-state index in [-0.39, 0.29) is 40.4 Å². The standard InChI is InChI=1S/C25H27F3N6O2/c1-24(2)11-19(24)32-21(25(26,27)28)14-3-5-16(6-4-14)31-22-20-17(7-9-30-23(20)35)34(33-22)18-13-36-10-8-15(18)12-29/h3-7,9,15,18-19,21,32H,8,10-11,13H2,1-2H3,(H,30,35)(H,31,33)/t15-,18+,19-,21-/m1/s1. The van der Waals surface area contributed by atoms with Gasteiger partial charge < -0.3 is 15.0 Å². The number of pyridine rings is 1. The molecule has 2 aliphatic rings. The zero-order valence-corrected chi connectivity index (χ0v) is 19.9. The van der Waals surface area contributed by atoms with Crippen LogP contribution in [0.25, 0.3) is 10.9 Å². The Kier molecular flexibility index (Phi) is 6.04. The highest BCUT2D eigenvalue weighted by Gasteiger charge is 2.51. The van der Waals surface area contributed by atoms with Gasteiger partial charge >= 0.3 is 6.18 Å². The molecule has 0 radical (unpaired) electrons. The normalized spacial score (nSPS) is 24.3. The Labute approximate surface area is 205 Å². The summed E-state index contributed by atoms with van der Waals surface area (Å²) < 4.78 is 48.6. The number of fused-ring (bicyclic) bond motifs is 1. The lowest BCUT2D eigenvalue weighted by molar-refractivity contribution is -0.158. The number of halogens is 3. The molecule has 0 amide bonds. The van der Waals surface area contributed by atoms with Crippen LogP contribution in [0.4, 0.5) is 24.7 Å². The largest absolute Gasteiger partial charge is 0.407 e. The van der Waals surface area contributed by atoms with Gasteiger partial charge in [0, 0.05) is 24.5 Å². The summed E-state index contributed by atoms with van der Waals surface area (Å²) in [7, 11) is 0. The van der Waals surface area contributed by atoms with E-state index in [0.29, 0.717) is 42.6 Å². The fraction of sp³-hybridized carbons (Fsp3) is 0.480. The number of alkyl halides is 3. The van der Waals surface area contributed by atoms with Gasteiger partial charge in [-0.3, -0.25) is 14.8 Å². The van der Waals surface area contributed by atoms with Crippen LogP contribution in [-0.4, -0.2) is 40.2 Å². The molecule has 8 nitrogen and oxygen atoms in total. The van der Waals surface area contributed by atoms with Gasteiger partial charge in [0.2, 0.25) is 0 Å². The van der Waals surface area contributed by atoms with E-state index in [9.17, 15) is 23.2 Å². The number of rotatable bonds is 6. The molecule has 3 heterocycles. The van der Waals surface area contributed by atoms with Crippen LogP contribution in [0.5, 0.6) is 0 Å². The van der Waals surface area contributed by atoms with Gasteiger partial charge in [0.1, 0.15) is 11.4 Å². The molecule has 11 heteroatoms. The number of benzene rings is 1. The molecule has 2 aromatic heterocycles. The van der Waals surface area contributed by atoms with Crippen molar-refractivity contribution in [1.29, 1.82) is 5.26 Å². The number of nitrogens with one attached hydrogen (secondary N) is 3. The molecule has 2 fully saturated rings. The first kappa shape index (κ1) is 24.3. The van der Waals surface area contributed by atoms with Crippen molar-refractivity contribution in [2.24, 2.45) is 11.3 Å². The van der Waals surface area contributed by atoms with Gasteiger partial charge in [0.25, 0.3) is 5.56 Å². The smallest absolute Gasteiger partial charge is 0.379 e. The van der Waals surface area contributed by atoms with Gasteiger partial charge in [0.15, 0.2) is 5.82 Å². The summed E-state index contributed by atoms with van der Waals surface area (Å²) in [4.78, 5) is 15.3. The third-order valence-electron chi connectivity index (χ3n) is 7.15. The lowest BCUT2D eigenvalue weighted by Gasteiger charge is -2.27. The molecule has 190 valence electrons. The van der Waals surface area contributed by atoms with Crippen molar-refractivity contribution < 1.29 is 17.9 Å². The third kappa shape index (κ3) is 4.58. The molecule has 1 aliphatic heterocycles. The maximum absolute atomic E-state index is 13.8. The van der Waals surface area contributed by atoms with Crippen LogP contribution in [0.3, 0.4) is 0 Å². The number of hydrogen-bond acceptors (Lipinski definition) is 6. The number of nitriles is 1. The Morgan fingerprint density at radius 1 is 1.28 bits per heavy atom. The second kappa shape index (κ2) is 8.94. The first-order chi connectivity index (χ1) is 17.1. The highest BCUT2D eigenvalue weighted by Crippen LogP contribution is 2.47. The summed E-state index contributed by atoms with van der Waals surface area (Å²) in [6.45, 7) is 4.65. The highest BCUT2D eigenvalue weighted by atomic mass is 19.4. The Hall–Kier alpha value is -3.36. The molecule has 0 bridgehead atoms. The van der Waals surface area contributed by atoms with E-state index in [1.165, 1.54) is 30.5 Å². The lowest BCUT2D eigenvalue weighted by atomic mass is 9.96. The average Bonchev–Trinajstić information content (AvgIpc) is 3.28. The lowest BCUT2D eigenvalue weighted by Crippen LogP contribution is -2.36. The van der Waals surface area contributed by atoms with E-state index >= 15 is 0 Å². The second-order valence-corrected chi connectivity index (χ2v) is 10.2. The van der Waals surface area contributed by atoms with Gasteiger partial charge in [-0.05, 0) is 42.0 Å². The minimum absolute atomic E-state index is 0.111. The third-order valence-corrected chi connectivity index (χ3v) is 7.15. The Bertz CT molecular complexity index is 1360. The summed E-state index contributed by atoms with van der Waals surface area (Å²) in [5.74, 6) is -0.0661. The van der Waals surface area contributed by atoms with E-state index in [1.807, 2.05) is 13.8 Å². The van der Waals surface area contributed by atoms with Crippen molar-refractivity contribution >= 4 is 22.4 Å². The molecule has 3 N–H and O–H groups in total. The molecule has 1 aromatic carbocycles. The van der Waals surface area contributed by atoms with Crippen LogP contribution in [0, 0.1) is 22.7 Å². The topological polar surface area (TPSA) is 108 Å². The molecule has 1 saturated heterocycles. The van der Waals surface area contributed by atoms with Crippen LogP contribution < -0.4 is 16.2 Å². The molecule has 4 atom stereocenters. The molecule has 3 aromatic rings. The minimum Gasteiger partial charge on any atom is -0.379 e. The predicted molar refractivity (Wildman–Crippen MR) is 128 cm³/mol. The van der Waals surface area contributed by atoms with Gasteiger partial charge in [0.05, 0.1) is 30.2 Å². The minimum atomic E-state index is -4.44. The maximum atomic E-state index is 13.8. The molecular formula is C25H27F3N6O2. The van der Waals surface area contributed by atoms with E-state index in [1.54, 1.807) is 10.7 Å². The number of anilines is 2. The highest BCUT2D eigenvalue weighted by molar-refractivity contribution is 5.91. The van der Waals surface area contributed by atoms with Crippen molar-refractivity contribution in [3.63, 3.8) is 0 Å². The summed E-state index contributed by atoms with van der Waals surface area (Å²) in [6.07, 6.45) is -1.67. The van der Waals surface area contributed by atoms with Crippen LogP contribution in [0.2, 0.25) is 0 Å². The zero-order chi connectivity index (χ0) is 25.7. The van der Waals surface area contributed by atoms with Crippen LogP contribution in [0.1, 0.15) is 44.3 Å². The average molecular weight is 501 g/mol. The van der Waals surface area contributed by atoms with E-state index in [4.69, 9.17) is 4.74 Å². The van der Waals surface area contributed by atoms with Crippen molar-refractivity contribution in [3.8, 4) is 6.07 Å². The summed E-state index contributed by atoms with van der Waals surface area (Å²) in [6, 6.07) is 7.61. The quantitative estimate of drug-likeness (QED) is 0.458. The summed E-state index contributed by atoms with van der Waals surface area (Å²) in [5, 5.41) is 20.3. The molecule has 36 heavy (non-hydrogen) atoms. The fourth-order valence-corrected chi connectivity index (χ4v) is 4.78. The Morgan fingerprint density at radius 3 is 2.64 bits per heavy atom. The number of aromatic nitrogens is 3. The van der Waals surface area contributed by atoms with E-state index in [2.05, 4.69) is 26.8 Å². The number of ether oxygens (including phenoxy) is 1. The molecule has 0 spiro atoms. The summed E-state index contributed by atoms with van der Waals surface area (Å²) in [5.41, 5.74) is 0.628. The van der Waals surface area contributed by atoms with Crippen molar-refractivity contribution in [2.75, 3.05) is 18.5 Å². The molecule has 5 rings (SSSR count). The van der Waals surface area contributed by atoms with Crippen LogP contribution in [-0.2, 0) is 4.74 Å². The fourth-order valence-electron chi connectivity index (χ4n) is 4.78. The number of hydrogen-bond donors (Lipinski definition) is 3. The molecule has 1 aliphatic carbocycles. The van der Waals surface area contributed by atoms with Crippen LogP contribution in [0.15, 0.2) is 41.3 Å². The van der Waals surface area contributed by atoms with Gasteiger partial charge in [-0.1, -0.05) is 26.0 Å². The zero-order valence-electron chi connectivity index (χ0n) is 19.9. The monoisotopic (exact) mass is 500 g/mol. The van der Waals surface area contributed by atoms with Crippen molar-refractivity contribution in [2.45, 2.75) is 51.0 Å². The summed E-state index contributed by atoms with van der Waals surface area (Å²) >= 11 is 0. The number of aromatic amines is 1. The van der Waals surface area contributed by atoms with E-state index in [0.717, 1.165) is 0 Å². The first-order valence-electron chi connectivity index (χ1n) is 11.9. The van der Waals surface area contributed by atoms with Gasteiger partial charge in [-0.15, -0.1) is 0 Å². The van der Waals surface area contributed by atoms with Crippen molar-refractivity contribution in [3.05, 3.63) is 52.4 Å². The molecule has 1 saturated carbocycles. The van der Waals surface area contributed by atoms with Gasteiger partial charge in [-0.25, -0.2) is 0 Å². The number of H-pyrrole nitrogens is 1. The maximum Gasteiger partial charge on any atom is 0.407 e. The van der Waals surface area contributed by atoms with Crippen LogP contribution >= 0.6 is 0 Å². The Morgan fingerprint density at radius 2 is 2.00 bits per heavy atom.